The van der Waals surface area contributed by atoms with Crippen LogP contribution >= 0.6 is 11.3 Å². The maximum atomic E-state index is 12.9. The van der Waals surface area contributed by atoms with Crippen molar-refractivity contribution in [2.45, 2.75) is 39.2 Å². The lowest BCUT2D eigenvalue weighted by Gasteiger charge is -2.32. The number of carbonyl (C=O) groups excluding carboxylic acids is 2. The van der Waals surface area contributed by atoms with E-state index in [0.717, 1.165) is 10.4 Å². The van der Waals surface area contributed by atoms with Gasteiger partial charge >= 0.3 is 6.09 Å². The summed E-state index contributed by atoms with van der Waals surface area (Å²) in [6.07, 6.45) is 2.53. The van der Waals surface area contributed by atoms with Crippen LogP contribution in [0.3, 0.4) is 0 Å². The minimum atomic E-state index is -0.530. The molecule has 1 amide bonds. The summed E-state index contributed by atoms with van der Waals surface area (Å²) in [6.45, 7) is 6.51. The first-order valence-electron chi connectivity index (χ1n) is 9.53. The highest BCUT2D eigenvalue weighted by molar-refractivity contribution is 7.17. The Kier molecular flexibility index (Phi) is 6.12. The standard InChI is InChI=1S/C21H26N2O5S/c1-21(2,3)28-20(26)23-9-7-13(8-10-23)18(25)19-22-12-17(29-19)14-5-6-15(24)16(11-14)27-4/h5-6,11-13,24H,7-10H2,1-4H3. The number of piperidine rings is 1. The van der Waals surface area contributed by atoms with E-state index in [0.29, 0.717) is 36.7 Å². The molecule has 1 fully saturated rings. The summed E-state index contributed by atoms with van der Waals surface area (Å²) in [7, 11) is 1.49. The number of likely N-dealkylation sites (tertiary alicyclic amines) is 1. The smallest absolute Gasteiger partial charge is 0.410 e. The van der Waals surface area contributed by atoms with Crippen molar-refractivity contribution in [3.05, 3.63) is 29.4 Å². The van der Waals surface area contributed by atoms with E-state index < -0.39 is 5.60 Å². The number of carbonyl (C=O) groups is 2. The fourth-order valence-corrected chi connectivity index (χ4v) is 4.11. The molecule has 1 aliphatic heterocycles. The van der Waals surface area contributed by atoms with E-state index >= 15 is 0 Å². The van der Waals surface area contributed by atoms with Crippen molar-refractivity contribution in [3.8, 4) is 21.9 Å². The lowest BCUT2D eigenvalue weighted by Crippen LogP contribution is -2.43. The van der Waals surface area contributed by atoms with E-state index in [1.54, 1.807) is 29.3 Å². The van der Waals surface area contributed by atoms with Gasteiger partial charge in [-0.2, -0.15) is 0 Å². The molecule has 0 aliphatic carbocycles. The van der Waals surface area contributed by atoms with Gasteiger partial charge in [-0.05, 0) is 57.4 Å². The number of nitrogens with zero attached hydrogens (tertiary/aromatic N) is 2. The second kappa shape index (κ2) is 8.41. The summed E-state index contributed by atoms with van der Waals surface area (Å²) in [5.74, 6) is 0.296. The van der Waals surface area contributed by atoms with E-state index in [1.807, 2.05) is 20.8 Å². The number of aromatic nitrogens is 1. The average Bonchev–Trinajstić information content (AvgIpc) is 3.17. The normalized spacial score (nSPS) is 15.2. The van der Waals surface area contributed by atoms with Crippen LogP contribution in [0.25, 0.3) is 10.4 Å². The number of phenols is 1. The largest absolute Gasteiger partial charge is 0.504 e. The molecule has 7 nitrogen and oxygen atoms in total. The minimum absolute atomic E-state index is 0.0100. The summed E-state index contributed by atoms with van der Waals surface area (Å²) >= 11 is 1.32. The highest BCUT2D eigenvalue weighted by Crippen LogP contribution is 2.35. The van der Waals surface area contributed by atoms with Gasteiger partial charge in [0.05, 0.1) is 12.0 Å². The third-order valence-corrected chi connectivity index (χ3v) is 5.76. The lowest BCUT2D eigenvalue weighted by molar-refractivity contribution is 0.0182. The molecule has 3 rings (SSSR count). The van der Waals surface area contributed by atoms with E-state index in [2.05, 4.69) is 4.98 Å². The molecular formula is C21H26N2O5S. The number of hydrogen-bond acceptors (Lipinski definition) is 7. The maximum Gasteiger partial charge on any atom is 0.410 e. The number of ether oxygens (including phenoxy) is 2. The molecule has 1 N–H and O–H groups in total. The summed E-state index contributed by atoms with van der Waals surface area (Å²) < 4.78 is 10.5. The van der Waals surface area contributed by atoms with Gasteiger partial charge in [-0.3, -0.25) is 4.79 Å². The molecule has 0 saturated carbocycles. The van der Waals surface area contributed by atoms with Gasteiger partial charge in [0.15, 0.2) is 22.3 Å². The molecule has 8 heteroatoms. The number of amides is 1. The summed E-state index contributed by atoms with van der Waals surface area (Å²) in [4.78, 5) is 31.9. The summed E-state index contributed by atoms with van der Waals surface area (Å²) in [5.41, 5.74) is 0.300. The molecule has 2 aromatic rings. The fourth-order valence-electron chi connectivity index (χ4n) is 3.18. The highest BCUT2D eigenvalue weighted by atomic mass is 32.1. The van der Waals surface area contributed by atoms with Crippen molar-refractivity contribution in [2.75, 3.05) is 20.2 Å². The van der Waals surface area contributed by atoms with Crippen LogP contribution in [0, 0.1) is 5.92 Å². The van der Waals surface area contributed by atoms with Crippen LogP contribution in [0.1, 0.15) is 43.4 Å². The zero-order valence-electron chi connectivity index (χ0n) is 17.1. The Labute approximate surface area is 174 Å². The van der Waals surface area contributed by atoms with Gasteiger partial charge in [0.2, 0.25) is 0 Å². The number of aromatic hydroxyl groups is 1. The second-order valence-corrected chi connectivity index (χ2v) is 9.05. The van der Waals surface area contributed by atoms with Crippen molar-refractivity contribution in [2.24, 2.45) is 5.92 Å². The van der Waals surface area contributed by atoms with Crippen molar-refractivity contribution in [3.63, 3.8) is 0 Å². The first kappa shape index (κ1) is 21.1. The molecule has 2 heterocycles. The molecule has 1 aromatic carbocycles. The maximum absolute atomic E-state index is 12.9. The van der Waals surface area contributed by atoms with E-state index in [9.17, 15) is 14.7 Å². The predicted octanol–water partition coefficient (Wildman–Crippen LogP) is 4.35. The van der Waals surface area contributed by atoms with Gasteiger partial charge in [0.1, 0.15) is 5.60 Å². The Morgan fingerprint density at radius 1 is 1.24 bits per heavy atom. The number of thiazole rings is 1. The summed E-state index contributed by atoms with van der Waals surface area (Å²) in [6, 6.07) is 5.04. The number of hydrogen-bond donors (Lipinski definition) is 1. The van der Waals surface area contributed by atoms with E-state index in [-0.39, 0.29) is 23.5 Å². The zero-order valence-corrected chi connectivity index (χ0v) is 17.9. The molecule has 0 radical (unpaired) electrons. The highest BCUT2D eigenvalue weighted by Gasteiger charge is 2.31. The Balaban J connectivity index is 1.63. The number of phenolic OH excluding ortho intramolecular Hbond substituents is 1. The van der Waals surface area contributed by atoms with E-state index in [4.69, 9.17) is 9.47 Å². The second-order valence-electron chi connectivity index (χ2n) is 8.02. The first-order valence-corrected chi connectivity index (χ1v) is 10.3. The third kappa shape index (κ3) is 5.06. The summed E-state index contributed by atoms with van der Waals surface area (Å²) in [5, 5.41) is 10.2. The fraction of sp³-hybridized carbons (Fsp3) is 0.476. The Morgan fingerprint density at radius 3 is 2.55 bits per heavy atom. The molecule has 0 unspecified atom stereocenters. The SMILES string of the molecule is COc1cc(-c2cnc(C(=O)C3CCN(C(=O)OC(C)(C)C)CC3)s2)ccc1O. The van der Waals surface area contributed by atoms with Crippen LogP contribution in [-0.2, 0) is 4.74 Å². The molecular weight excluding hydrogens is 392 g/mol. The predicted molar refractivity (Wildman–Crippen MR) is 111 cm³/mol. The number of rotatable bonds is 4. The molecule has 0 bridgehead atoms. The molecule has 29 heavy (non-hydrogen) atoms. The van der Waals surface area contributed by atoms with Crippen LogP contribution in [-0.4, -0.2) is 52.7 Å². The topological polar surface area (TPSA) is 89.0 Å². The molecule has 156 valence electrons. The molecule has 1 saturated heterocycles. The average molecular weight is 419 g/mol. The molecule has 0 atom stereocenters. The van der Waals surface area contributed by atoms with Crippen molar-refractivity contribution in [1.29, 1.82) is 0 Å². The van der Waals surface area contributed by atoms with Gasteiger partial charge in [0, 0.05) is 25.2 Å². The number of Topliss-reactive ketones (excluding diaryl/α,β-unsaturated/α-hetero) is 1. The van der Waals surface area contributed by atoms with Crippen molar-refractivity contribution in [1.82, 2.24) is 9.88 Å². The van der Waals surface area contributed by atoms with Gasteiger partial charge in [-0.1, -0.05) is 0 Å². The number of ketones is 1. The van der Waals surface area contributed by atoms with Crippen LogP contribution in [0.4, 0.5) is 4.79 Å². The van der Waals surface area contributed by atoms with Crippen LogP contribution < -0.4 is 4.74 Å². The van der Waals surface area contributed by atoms with Gasteiger partial charge < -0.3 is 19.5 Å². The van der Waals surface area contributed by atoms with Gasteiger partial charge in [-0.25, -0.2) is 9.78 Å². The molecule has 1 aliphatic rings. The van der Waals surface area contributed by atoms with Gasteiger partial charge in [-0.15, -0.1) is 11.3 Å². The Hall–Kier alpha value is -2.61. The van der Waals surface area contributed by atoms with Crippen molar-refractivity contribution >= 4 is 23.2 Å². The minimum Gasteiger partial charge on any atom is -0.504 e. The third-order valence-electron chi connectivity index (χ3n) is 4.70. The Bertz CT molecular complexity index is 895. The first-order chi connectivity index (χ1) is 13.7. The van der Waals surface area contributed by atoms with Crippen LogP contribution in [0.15, 0.2) is 24.4 Å². The quantitative estimate of drug-likeness (QED) is 0.743. The van der Waals surface area contributed by atoms with Gasteiger partial charge in [0.25, 0.3) is 0 Å². The lowest BCUT2D eigenvalue weighted by atomic mass is 9.93. The zero-order chi connectivity index (χ0) is 21.2. The van der Waals surface area contributed by atoms with Crippen molar-refractivity contribution < 1.29 is 24.2 Å². The molecule has 0 spiro atoms. The number of benzene rings is 1. The number of methoxy groups -OCH3 is 1. The molecule has 1 aromatic heterocycles. The monoisotopic (exact) mass is 418 g/mol. The van der Waals surface area contributed by atoms with Crippen LogP contribution in [0.5, 0.6) is 11.5 Å². The van der Waals surface area contributed by atoms with Crippen LogP contribution in [0.2, 0.25) is 0 Å². The van der Waals surface area contributed by atoms with E-state index in [1.165, 1.54) is 18.4 Å². The Morgan fingerprint density at radius 2 is 1.93 bits per heavy atom.